The van der Waals surface area contributed by atoms with Gasteiger partial charge in [0.2, 0.25) is 0 Å². The summed E-state index contributed by atoms with van der Waals surface area (Å²) in [6.07, 6.45) is -1.83. The number of alkyl halides is 3. The number of ether oxygens (including phenoxy) is 2. The Balaban J connectivity index is 1.85. The number of rotatable bonds is 4. The molecule has 32 heavy (non-hydrogen) atoms. The van der Waals surface area contributed by atoms with Crippen LogP contribution in [-0.2, 0) is 6.18 Å². The zero-order chi connectivity index (χ0) is 23.0. The summed E-state index contributed by atoms with van der Waals surface area (Å²) in [6, 6.07) is 5.63. The minimum absolute atomic E-state index is 0.0485. The molecule has 1 fully saturated rings. The van der Waals surface area contributed by atoms with E-state index in [2.05, 4.69) is 17.0 Å². The molecule has 170 valence electrons. The van der Waals surface area contributed by atoms with Crippen LogP contribution >= 0.6 is 0 Å². The molecule has 0 saturated carbocycles. The van der Waals surface area contributed by atoms with Gasteiger partial charge < -0.3 is 14.4 Å². The lowest BCUT2D eigenvalue weighted by Crippen LogP contribution is -2.37. The summed E-state index contributed by atoms with van der Waals surface area (Å²) in [5, 5.41) is 3.85. The zero-order valence-electron chi connectivity index (χ0n) is 17.9. The predicted molar refractivity (Wildman–Crippen MR) is 111 cm³/mol. The van der Waals surface area contributed by atoms with Crippen LogP contribution in [0.3, 0.4) is 0 Å². The number of hydrogen-bond acceptors (Lipinski definition) is 5. The third-order valence-corrected chi connectivity index (χ3v) is 5.74. The van der Waals surface area contributed by atoms with Crippen molar-refractivity contribution in [3.8, 4) is 22.8 Å². The second-order valence-corrected chi connectivity index (χ2v) is 7.86. The van der Waals surface area contributed by atoms with Crippen molar-refractivity contribution in [2.45, 2.75) is 25.9 Å². The Bertz CT molecular complexity index is 1150. The van der Waals surface area contributed by atoms with E-state index in [4.69, 9.17) is 9.47 Å². The number of benzene rings is 1. The Morgan fingerprint density at radius 1 is 1.09 bits per heavy atom. The summed E-state index contributed by atoms with van der Waals surface area (Å²) < 4.78 is 52.7. The molecule has 7 nitrogen and oxygen atoms in total. The van der Waals surface area contributed by atoms with Crippen molar-refractivity contribution in [1.82, 2.24) is 19.5 Å². The van der Waals surface area contributed by atoms with E-state index in [-0.39, 0.29) is 22.8 Å². The van der Waals surface area contributed by atoms with Crippen molar-refractivity contribution in [1.29, 1.82) is 0 Å². The molecule has 0 N–H and O–H groups in total. The summed E-state index contributed by atoms with van der Waals surface area (Å²) in [6.45, 7) is 3.22. The first-order valence-electron chi connectivity index (χ1n) is 10.2. The Morgan fingerprint density at radius 2 is 1.78 bits per heavy atom. The highest BCUT2D eigenvalue weighted by Gasteiger charge is 2.36. The molecule has 0 aliphatic carbocycles. The normalized spacial score (nSPS) is 15.2. The van der Waals surface area contributed by atoms with E-state index < -0.39 is 11.9 Å². The molecule has 0 radical (unpaired) electrons. The van der Waals surface area contributed by atoms with E-state index in [9.17, 15) is 18.0 Å². The van der Waals surface area contributed by atoms with Crippen molar-refractivity contribution in [3.63, 3.8) is 0 Å². The van der Waals surface area contributed by atoms with Gasteiger partial charge >= 0.3 is 6.18 Å². The largest absolute Gasteiger partial charge is 0.493 e. The van der Waals surface area contributed by atoms with Gasteiger partial charge in [-0.1, -0.05) is 6.92 Å². The van der Waals surface area contributed by atoms with Crippen LogP contribution in [0.2, 0.25) is 0 Å². The SMILES string of the molecule is COc1ccc(-c2cc(C(F)(F)F)n3ncc(C(=O)N4CCC(C)CC4)c3n2)cc1OC. The molecule has 0 atom stereocenters. The maximum absolute atomic E-state index is 13.9. The number of hydrogen-bond donors (Lipinski definition) is 0. The van der Waals surface area contributed by atoms with Crippen LogP contribution in [0.25, 0.3) is 16.9 Å². The summed E-state index contributed by atoms with van der Waals surface area (Å²) in [4.78, 5) is 19.1. The fraction of sp³-hybridized carbons (Fsp3) is 0.409. The maximum Gasteiger partial charge on any atom is 0.433 e. The number of piperidine rings is 1. The number of methoxy groups -OCH3 is 2. The van der Waals surface area contributed by atoms with Gasteiger partial charge in [-0.2, -0.15) is 18.3 Å². The molecule has 4 rings (SSSR count). The fourth-order valence-electron chi connectivity index (χ4n) is 3.84. The second-order valence-electron chi connectivity index (χ2n) is 7.86. The van der Waals surface area contributed by atoms with Crippen molar-refractivity contribution in [2.24, 2.45) is 5.92 Å². The van der Waals surface area contributed by atoms with Crippen LogP contribution in [0.15, 0.2) is 30.5 Å². The van der Waals surface area contributed by atoms with Crippen LogP contribution in [0.4, 0.5) is 13.2 Å². The van der Waals surface area contributed by atoms with E-state index in [1.165, 1.54) is 14.2 Å². The van der Waals surface area contributed by atoms with Crippen LogP contribution in [0.1, 0.15) is 35.8 Å². The van der Waals surface area contributed by atoms with Gasteiger partial charge in [-0.25, -0.2) is 9.50 Å². The average molecular weight is 448 g/mol. The van der Waals surface area contributed by atoms with Gasteiger partial charge in [-0.05, 0) is 43.0 Å². The number of carbonyl (C=O) groups is 1. The number of fused-ring (bicyclic) bond motifs is 1. The average Bonchev–Trinajstić information content (AvgIpc) is 3.21. The van der Waals surface area contributed by atoms with Gasteiger partial charge in [0.15, 0.2) is 22.8 Å². The molecule has 0 spiro atoms. The quantitative estimate of drug-likeness (QED) is 0.595. The zero-order valence-corrected chi connectivity index (χ0v) is 17.9. The lowest BCUT2D eigenvalue weighted by Gasteiger charge is -2.30. The van der Waals surface area contributed by atoms with Crippen LogP contribution in [0.5, 0.6) is 11.5 Å². The summed E-state index contributed by atoms with van der Waals surface area (Å²) >= 11 is 0. The van der Waals surface area contributed by atoms with E-state index in [0.29, 0.717) is 40.6 Å². The molecule has 0 unspecified atom stereocenters. The van der Waals surface area contributed by atoms with Crippen LogP contribution in [-0.4, -0.2) is 52.7 Å². The smallest absolute Gasteiger partial charge is 0.433 e. The lowest BCUT2D eigenvalue weighted by atomic mass is 9.99. The van der Waals surface area contributed by atoms with Gasteiger partial charge in [0.1, 0.15) is 5.56 Å². The Labute approximate surface area is 182 Å². The lowest BCUT2D eigenvalue weighted by molar-refractivity contribution is -0.142. The number of amides is 1. The summed E-state index contributed by atoms with van der Waals surface area (Å²) in [7, 11) is 2.90. The highest BCUT2D eigenvalue weighted by atomic mass is 19.4. The van der Waals surface area contributed by atoms with Crippen molar-refractivity contribution < 1.29 is 27.4 Å². The molecule has 3 heterocycles. The van der Waals surface area contributed by atoms with Gasteiger partial charge in [-0.3, -0.25) is 4.79 Å². The topological polar surface area (TPSA) is 69.0 Å². The van der Waals surface area contributed by atoms with Gasteiger partial charge in [-0.15, -0.1) is 0 Å². The number of nitrogens with zero attached hydrogens (tertiary/aromatic N) is 4. The Hall–Kier alpha value is -3.30. The first-order valence-corrected chi connectivity index (χ1v) is 10.2. The number of carbonyl (C=O) groups excluding carboxylic acids is 1. The molecule has 3 aromatic rings. The molecule has 2 aromatic heterocycles. The minimum atomic E-state index is -4.70. The van der Waals surface area contributed by atoms with Gasteiger partial charge in [0.25, 0.3) is 5.91 Å². The summed E-state index contributed by atoms with van der Waals surface area (Å²) in [5.74, 6) is 0.937. The van der Waals surface area contributed by atoms with Crippen LogP contribution in [0, 0.1) is 5.92 Å². The maximum atomic E-state index is 13.9. The highest BCUT2D eigenvalue weighted by Crippen LogP contribution is 2.36. The number of halogens is 3. The Kier molecular flexibility index (Phi) is 5.70. The Morgan fingerprint density at radius 3 is 2.41 bits per heavy atom. The molecule has 1 aliphatic heterocycles. The van der Waals surface area contributed by atoms with E-state index >= 15 is 0 Å². The predicted octanol–water partition coefficient (Wildman–Crippen LogP) is 4.30. The molecule has 1 aromatic carbocycles. The highest BCUT2D eigenvalue weighted by molar-refractivity contribution is 6.00. The van der Waals surface area contributed by atoms with Crippen LogP contribution < -0.4 is 9.47 Å². The molecule has 1 aliphatic rings. The molecule has 1 amide bonds. The molecule has 0 bridgehead atoms. The van der Waals surface area contributed by atoms with Gasteiger partial charge in [0, 0.05) is 18.7 Å². The first-order chi connectivity index (χ1) is 15.2. The second kappa shape index (κ2) is 8.33. The summed E-state index contributed by atoms with van der Waals surface area (Å²) in [5.41, 5.74) is -0.658. The molecular formula is C22H23F3N4O3. The van der Waals surface area contributed by atoms with Crippen molar-refractivity contribution in [2.75, 3.05) is 27.3 Å². The van der Waals surface area contributed by atoms with E-state index in [0.717, 1.165) is 25.1 Å². The van der Waals surface area contributed by atoms with Crippen molar-refractivity contribution >= 4 is 11.6 Å². The van der Waals surface area contributed by atoms with E-state index in [1.807, 2.05) is 0 Å². The van der Waals surface area contributed by atoms with Gasteiger partial charge in [0.05, 0.1) is 26.1 Å². The number of likely N-dealkylation sites (tertiary alicyclic amines) is 1. The molecule has 1 saturated heterocycles. The minimum Gasteiger partial charge on any atom is -0.493 e. The fourth-order valence-corrected chi connectivity index (χ4v) is 3.84. The number of aromatic nitrogens is 3. The molecular weight excluding hydrogens is 425 g/mol. The third kappa shape index (κ3) is 3.96. The standard InChI is InChI=1S/C22H23F3N4O3/c1-13-6-8-28(9-7-13)21(30)15-12-26-29-19(22(23,24)25)11-16(27-20(15)29)14-4-5-17(31-2)18(10-14)32-3/h4-5,10-13H,6-9H2,1-3H3. The third-order valence-electron chi connectivity index (χ3n) is 5.74. The first kappa shape index (κ1) is 21.9. The monoisotopic (exact) mass is 448 g/mol. The molecule has 10 heteroatoms. The van der Waals surface area contributed by atoms with E-state index in [1.54, 1.807) is 23.1 Å². The van der Waals surface area contributed by atoms with Crippen molar-refractivity contribution in [3.05, 3.63) is 41.7 Å².